The van der Waals surface area contributed by atoms with Crippen LogP contribution >= 0.6 is 24.0 Å². The Balaban J connectivity index is 1.80. The summed E-state index contributed by atoms with van der Waals surface area (Å²) in [7, 11) is 1.65. The van der Waals surface area contributed by atoms with Crippen molar-refractivity contribution in [3.8, 4) is 6.07 Å². The van der Waals surface area contributed by atoms with E-state index in [0.29, 0.717) is 58.2 Å². The highest BCUT2D eigenvalue weighted by Gasteiger charge is 2.33. The molecule has 2 fully saturated rings. The monoisotopic (exact) mass is 456 g/mol. The quantitative estimate of drug-likeness (QED) is 0.512. The van der Waals surface area contributed by atoms with Crippen LogP contribution in [0.15, 0.2) is 32.5 Å². The van der Waals surface area contributed by atoms with Crippen molar-refractivity contribution in [2.45, 2.75) is 13.5 Å². The van der Waals surface area contributed by atoms with Crippen LogP contribution in [-0.2, 0) is 23.1 Å². The fourth-order valence-corrected chi connectivity index (χ4v) is 4.93. The first-order valence-electron chi connectivity index (χ1n) is 9.66. The maximum atomic E-state index is 13.1. The molecule has 0 spiro atoms. The SMILES string of the molecule is Cc1c(/C=C2\SC(=S)N(Cc3ccco3)C2=O)c(N2CCOCC2)n(C)c(=O)c1C#N. The van der Waals surface area contributed by atoms with E-state index in [2.05, 4.69) is 4.90 Å². The van der Waals surface area contributed by atoms with Crippen LogP contribution in [0.1, 0.15) is 22.5 Å². The van der Waals surface area contributed by atoms with Crippen LogP contribution in [0.4, 0.5) is 5.82 Å². The number of nitriles is 1. The van der Waals surface area contributed by atoms with Crippen LogP contribution < -0.4 is 10.5 Å². The molecule has 2 aromatic rings. The molecule has 0 aliphatic carbocycles. The van der Waals surface area contributed by atoms with Crippen molar-refractivity contribution in [3.05, 3.63) is 56.1 Å². The van der Waals surface area contributed by atoms with Crippen molar-refractivity contribution >= 4 is 46.1 Å². The maximum Gasteiger partial charge on any atom is 0.270 e. The molecule has 2 aliphatic rings. The summed E-state index contributed by atoms with van der Waals surface area (Å²) in [6, 6.07) is 5.56. The number of pyridine rings is 1. The highest BCUT2D eigenvalue weighted by molar-refractivity contribution is 8.26. The smallest absolute Gasteiger partial charge is 0.270 e. The van der Waals surface area contributed by atoms with Crippen LogP contribution in [-0.4, -0.2) is 46.0 Å². The number of aromatic nitrogens is 1. The van der Waals surface area contributed by atoms with Gasteiger partial charge in [-0.2, -0.15) is 5.26 Å². The summed E-state index contributed by atoms with van der Waals surface area (Å²) < 4.78 is 12.7. The van der Waals surface area contributed by atoms with E-state index < -0.39 is 0 Å². The summed E-state index contributed by atoms with van der Waals surface area (Å²) in [4.78, 5) is 29.8. The van der Waals surface area contributed by atoms with Crippen LogP contribution in [0, 0.1) is 18.3 Å². The summed E-state index contributed by atoms with van der Waals surface area (Å²) in [5.74, 6) is 1.07. The van der Waals surface area contributed by atoms with Crippen LogP contribution in [0.5, 0.6) is 0 Å². The fraction of sp³-hybridized carbons (Fsp3) is 0.333. The number of ether oxygens (including phenoxy) is 1. The van der Waals surface area contributed by atoms with E-state index in [4.69, 9.17) is 21.4 Å². The summed E-state index contributed by atoms with van der Waals surface area (Å²) in [5.41, 5.74) is 0.920. The Morgan fingerprint density at radius 2 is 2.06 bits per heavy atom. The molecule has 0 aromatic carbocycles. The van der Waals surface area contributed by atoms with Crippen molar-refractivity contribution in [3.63, 3.8) is 0 Å². The molecule has 31 heavy (non-hydrogen) atoms. The minimum absolute atomic E-state index is 0.0665. The molecule has 2 saturated heterocycles. The number of rotatable bonds is 4. The number of nitrogens with zero attached hydrogens (tertiary/aromatic N) is 4. The lowest BCUT2D eigenvalue weighted by atomic mass is 10.0. The number of furan rings is 1. The second-order valence-corrected chi connectivity index (χ2v) is 8.84. The minimum Gasteiger partial charge on any atom is -0.467 e. The van der Waals surface area contributed by atoms with Gasteiger partial charge >= 0.3 is 0 Å². The first kappa shape index (κ1) is 21.4. The van der Waals surface area contributed by atoms with E-state index in [9.17, 15) is 14.9 Å². The first-order valence-corrected chi connectivity index (χ1v) is 10.9. The second-order valence-electron chi connectivity index (χ2n) is 7.16. The lowest BCUT2D eigenvalue weighted by Gasteiger charge is -2.32. The number of thioether (sulfide) groups is 1. The van der Waals surface area contributed by atoms with Gasteiger partial charge in [0.15, 0.2) is 0 Å². The van der Waals surface area contributed by atoms with Gasteiger partial charge < -0.3 is 14.1 Å². The Morgan fingerprint density at radius 1 is 1.32 bits per heavy atom. The van der Waals surface area contributed by atoms with E-state index in [-0.39, 0.29) is 23.6 Å². The Morgan fingerprint density at radius 3 is 2.71 bits per heavy atom. The number of anilines is 1. The molecule has 0 N–H and O–H groups in total. The van der Waals surface area contributed by atoms with Crippen LogP contribution in [0.2, 0.25) is 0 Å². The van der Waals surface area contributed by atoms with Gasteiger partial charge in [0, 0.05) is 25.7 Å². The molecule has 1 amide bonds. The van der Waals surface area contributed by atoms with Gasteiger partial charge in [-0.1, -0.05) is 24.0 Å². The number of thiocarbonyl (C=S) groups is 1. The van der Waals surface area contributed by atoms with Crippen molar-refractivity contribution in [1.82, 2.24) is 9.47 Å². The van der Waals surface area contributed by atoms with E-state index in [1.165, 1.54) is 21.2 Å². The molecule has 2 aliphatic heterocycles. The van der Waals surface area contributed by atoms with Crippen molar-refractivity contribution < 1.29 is 13.9 Å². The number of morpholine rings is 1. The second kappa shape index (κ2) is 8.70. The van der Waals surface area contributed by atoms with Crippen molar-refractivity contribution in [1.29, 1.82) is 5.26 Å². The third kappa shape index (κ3) is 3.92. The van der Waals surface area contributed by atoms with Crippen molar-refractivity contribution in [2.24, 2.45) is 7.05 Å². The molecular weight excluding hydrogens is 436 g/mol. The molecule has 0 saturated carbocycles. The molecule has 0 unspecified atom stereocenters. The molecule has 2 aromatic heterocycles. The summed E-state index contributed by atoms with van der Waals surface area (Å²) in [6.07, 6.45) is 3.29. The highest BCUT2D eigenvalue weighted by atomic mass is 32.2. The van der Waals surface area contributed by atoms with E-state index in [1.54, 1.807) is 38.4 Å². The topological polar surface area (TPSA) is 91.7 Å². The van der Waals surface area contributed by atoms with Crippen molar-refractivity contribution in [2.75, 3.05) is 31.2 Å². The third-order valence-corrected chi connectivity index (χ3v) is 6.70. The summed E-state index contributed by atoms with van der Waals surface area (Å²) >= 11 is 6.62. The normalized spacial score (nSPS) is 18.2. The van der Waals surface area contributed by atoms with Gasteiger partial charge in [-0.15, -0.1) is 0 Å². The van der Waals surface area contributed by atoms with Crippen LogP contribution in [0.3, 0.4) is 0 Å². The van der Waals surface area contributed by atoms with Gasteiger partial charge in [0.25, 0.3) is 11.5 Å². The average Bonchev–Trinajstić information content (AvgIpc) is 3.37. The Labute approximate surface area is 188 Å². The fourth-order valence-electron chi connectivity index (χ4n) is 3.70. The van der Waals surface area contributed by atoms with Gasteiger partial charge in [0.2, 0.25) is 0 Å². The van der Waals surface area contributed by atoms with Gasteiger partial charge in [-0.05, 0) is 30.7 Å². The molecule has 160 valence electrons. The predicted molar refractivity (Wildman–Crippen MR) is 122 cm³/mol. The molecular formula is C21H20N4O4S2. The van der Waals surface area contributed by atoms with Gasteiger partial charge in [-0.3, -0.25) is 19.1 Å². The molecule has 0 atom stereocenters. The van der Waals surface area contributed by atoms with E-state index >= 15 is 0 Å². The van der Waals surface area contributed by atoms with Gasteiger partial charge in [-0.25, -0.2) is 0 Å². The number of hydrogen-bond donors (Lipinski definition) is 0. The number of hydrogen-bond acceptors (Lipinski definition) is 8. The number of carbonyl (C=O) groups excluding carboxylic acids is 1. The number of amides is 1. The van der Waals surface area contributed by atoms with E-state index in [1.807, 2.05) is 6.07 Å². The van der Waals surface area contributed by atoms with Gasteiger partial charge in [0.05, 0.1) is 30.9 Å². The Kier molecular flexibility index (Phi) is 6.00. The summed E-state index contributed by atoms with van der Waals surface area (Å²) in [5, 5.41) is 9.56. The standard InChI is InChI=1S/C21H20N4O4S2/c1-13-15(10-17-20(27)25(21(30)31-17)12-14-4-3-7-29-14)18(24-5-8-28-9-6-24)23(2)19(26)16(13)11-22/h3-4,7,10H,5-6,8-9,12H2,1-2H3/b17-10-. The Bertz CT molecular complexity index is 1170. The largest absolute Gasteiger partial charge is 0.467 e. The summed E-state index contributed by atoms with van der Waals surface area (Å²) in [6.45, 7) is 4.29. The lowest BCUT2D eigenvalue weighted by molar-refractivity contribution is -0.122. The first-order chi connectivity index (χ1) is 14.9. The molecule has 4 heterocycles. The zero-order valence-corrected chi connectivity index (χ0v) is 18.7. The minimum atomic E-state index is -0.357. The van der Waals surface area contributed by atoms with Gasteiger partial charge in [0.1, 0.15) is 27.5 Å². The van der Waals surface area contributed by atoms with E-state index in [0.717, 1.165) is 0 Å². The number of carbonyl (C=O) groups is 1. The third-order valence-electron chi connectivity index (χ3n) is 5.32. The highest BCUT2D eigenvalue weighted by Crippen LogP contribution is 2.36. The molecule has 0 bridgehead atoms. The zero-order chi connectivity index (χ0) is 22.1. The Hall–Kier alpha value is -2.87. The molecule has 0 radical (unpaired) electrons. The maximum absolute atomic E-state index is 13.1. The predicted octanol–water partition coefficient (Wildman–Crippen LogP) is 2.40. The molecule has 8 nitrogen and oxygen atoms in total. The molecule has 10 heteroatoms. The average molecular weight is 457 g/mol. The van der Waals surface area contributed by atoms with Crippen LogP contribution in [0.25, 0.3) is 6.08 Å². The lowest BCUT2D eigenvalue weighted by Crippen LogP contribution is -2.40. The zero-order valence-electron chi connectivity index (χ0n) is 17.1. The molecule has 4 rings (SSSR count).